The van der Waals surface area contributed by atoms with E-state index in [2.05, 4.69) is 5.92 Å². The van der Waals surface area contributed by atoms with E-state index < -0.39 is 0 Å². The number of hydrogen-bond donors (Lipinski definition) is 0. The molecule has 0 N–H and O–H groups in total. The first-order valence-corrected chi connectivity index (χ1v) is 2.82. The van der Waals surface area contributed by atoms with Crippen molar-refractivity contribution in [2.24, 2.45) is 0 Å². The van der Waals surface area contributed by atoms with Crippen LogP contribution in [0.2, 0.25) is 0 Å². The molecule has 38 valence electrons. The van der Waals surface area contributed by atoms with Crippen molar-refractivity contribution in [1.29, 1.82) is 0 Å². The molecule has 0 spiro atoms. The Kier molecular flexibility index (Phi) is 3.53. The maximum atomic E-state index is 10.1. The second-order valence-electron chi connectivity index (χ2n) is 0.984. The first-order chi connectivity index (χ1) is 3.27. The largest absolute Gasteiger partial charge is 0.288 e. The lowest BCUT2D eigenvalue weighted by Gasteiger charge is -1.80. The van der Waals surface area contributed by atoms with Gasteiger partial charge in [0.1, 0.15) is 0 Å². The van der Waals surface area contributed by atoms with Crippen LogP contribution in [0.4, 0.5) is 0 Å². The third kappa shape index (κ3) is 5.58. The van der Waals surface area contributed by atoms with Crippen molar-refractivity contribution in [3.63, 3.8) is 0 Å². The van der Waals surface area contributed by atoms with Gasteiger partial charge in [0, 0.05) is 6.92 Å². The normalized spacial score (nSPS) is 7.43. The quantitative estimate of drug-likeness (QED) is 0.471. The Morgan fingerprint density at radius 1 is 2.00 bits per heavy atom. The zero-order valence-corrected chi connectivity index (χ0v) is 4.92. The molecule has 0 saturated carbocycles. The van der Waals surface area contributed by atoms with Gasteiger partial charge in [-0.15, -0.1) is 6.42 Å². The van der Waals surface area contributed by atoms with Crippen LogP contribution in [0.5, 0.6) is 0 Å². The van der Waals surface area contributed by atoms with Crippen LogP contribution in [0.15, 0.2) is 0 Å². The number of hydrogen-bond acceptors (Lipinski definition) is 2. The number of rotatable bonds is 1. The molecule has 0 aliphatic heterocycles. The van der Waals surface area contributed by atoms with Crippen molar-refractivity contribution in [3.05, 3.63) is 0 Å². The lowest BCUT2D eigenvalue weighted by molar-refractivity contribution is -0.109. The van der Waals surface area contributed by atoms with Crippen molar-refractivity contribution in [2.45, 2.75) is 6.92 Å². The van der Waals surface area contributed by atoms with Crippen LogP contribution in [0.25, 0.3) is 0 Å². The van der Waals surface area contributed by atoms with Crippen LogP contribution in [-0.4, -0.2) is 10.9 Å². The van der Waals surface area contributed by atoms with Crippen molar-refractivity contribution >= 4 is 16.9 Å². The van der Waals surface area contributed by atoms with Gasteiger partial charge in [-0.2, -0.15) is 0 Å². The summed E-state index contributed by atoms with van der Waals surface area (Å²) in [7, 11) is 0. The fourth-order valence-corrected chi connectivity index (χ4v) is 0.430. The van der Waals surface area contributed by atoms with Crippen LogP contribution in [0.3, 0.4) is 0 Å². The molecule has 0 amide bonds. The van der Waals surface area contributed by atoms with Crippen LogP contribution in [-0.2, 0) is 4.79 Å². The lowest BCUT2D eigenvalue weighted by Crippen LogP contribution is -1.80. The maximum absolute atomic E-state index is 10.1. The van der Waals surface area contributed by atoms with Crippen LogP contribution in [0.1, 0.15) is 6.92 Å². The summed E-state index contributed by atoms with van der Waals surface area (Å²) in [4.78, 5) is 10.1. The first kappa shape index (κ1) is 6.58. The molecule has 0 heterocycles. The molecule has 7 heavy (non-hydrogen) atoms. The Labute approximate surface area is 47.5 Å². The summed E-state index contributed by atoms with van der Waals surface area (Å²) in [6, 6.07) is 0. The molecule has 1 nitrogen and oxygen atoms in total. The van der Waals surface area contributed by atoms with Crippen molar-refractivity contribution in [3.8, 4) is 12.3 Å². The highest BCUT2D eigenvalue weighted by Gasteiger charge is 1.86. The highest BCUT2D eigenvalue weighted by molar-refractivity contribution is 8.13. The molecule has 0 aliphatic rings. The zero-order chi connectivity index (χ0) is 5.70. The van der Waals surface area contributed by atoms with E-state index in [4.69, 9.17) is 6.42 Å². The Balaban J connectivity index is 3.02. The van der Waals surface area contributed by atoms with Crippen molar-refractivity contribution < 1.29 is 4.79 Å². The SMILES string of the molecule is C#CCSC(C)=O. The minimum absolute atomic E-state index is 0.0814. The molecule has 0 saturated heterocycles. The van der Waals surface area contributed by atoms with E-state index in [1.54, 1.807) is 0 Å². The molecule has 0 aromatic heterocycles. The second-order valence-corrected chi connectivity index (χ2v) is 2.14. The van der Waals surface area contributed by atoms with E-state index in [0.717, 1.165) is 11.8 Å². The minimum Gasteiger partial charge on any atom is -0.288 e. The summed E-state index contributed by atoms with van der Waals surface area (Å²) in [5, 5.41) is 0.0814. The Hall–Kier alpha value is -0.420. The van der Waals surface area contributed by atoms with E-state index in [0.29, 0.717) is 5.75 Å². The molecule has 0 radical (unpaired) electrons. The molecule has 0 aliphatic carbocycles. The Morgan fingerprint density at radius 2 is 2.57 bits per heavy atom. The van der Waals surface area contributed by atoms with Crippen LogP contribution in [0, 0.1) is 12.3 Å². The topological polar surface area (TPSA) is 17.1 Å². The second kappa shape index (κ2) is 3.76. The predicted molar refractivity (Wildman–Crippen MR) is 32.0 cm³/mol. The molecule has 0 atom stereocenters. The number of carbonyl (C=O) groups is 1. The third-order valence-electron chi connectivity index (χ3n) is 0.359. The van der Waals surface area contributed by atoms with Gasteiger partial charge in [-0.25, -0.2) is 0 Å². The zero-order valence-electron chi connectivity index (χ0n) is 4.10. The average molecular weight is 114 g/mol. The van der Waals surface area contributed by atoms with E-state index in [1.807, 2.05) is 0 Å². The summed E-state index contributed by atoms with van der Waals surface area (Å²) in [6.07, 6.45) is 4.85. The summed E-state index contributed by atoms with van der Waals surface area (Å²) in [6.45, 7) is 1.50. The van der Waals surface area contributed by atoms with Gasteiger partial charge in [-0.1, -0.05) is 17.7 Å². The summed E-state index contributed by atoms with van der Waals surface area (Å²) < 4.78 is 0. The smallest absolute Gasteiger partial charge is 0.186 e. The standard InChI is InChI=1S/C5H6OS/c1-3-4-7-5(2)6/h1H,4H2,2H3. The van der Waals surface area contributed by atoms with E-state index in [-0.39, 0.29) is 5.12 Å². The summed E-state index contributed by atoms with van der Waals surface area (Å²) in [5.74, 6) is 2.84. The molecule has 2 heteroatoms. The Bertz CT molecular complexity index is 101. The van der Waals surface area contributed by atoms with Gasteiger partial charge in [-0.05, 0) is 0 Å². The van der Waals surface area contributed by atoms with Gasteiger partial charge in [0.25, 0.3) is 0 Å². The van der Waals surface area contributed by atoms with Crippen molar-refractivity contribution in [1.82, 2.24) is 0 Å². The van der Waals surface area contributed by atoms with Gasteiger partial charge in [0.05, 0.1) is 5.75 Å². The van der Waals surface area contributed by atoms with Gasteiger partial charge in [0.15, 0.2) is 5.12 Å². The van der Waals surface area contributed by atoms with Crippen LogP contribution < -0.4 is 0 Å². The number of thioether (sulfide) groups is 1. The highest BCUT2D eigenvalue weighted by atomic mass is 32.2. The molecular weight excluding hydrogens is 108 g/mol. The summed E-state index contributed by atoms with van der Waals surface area (Å²) >= 11 is 1.16. The number of carbonyl (C=O) groups excluding carboxylic acids is 1. The highest BCUT2D eigenvalue weighted by Crippen LogP contribution is 1.96. The van der Waals surface area contributed by atoms with Gasteiger partial charge in [0.2, 0.25) is 0 Å². The fraction of sp³-hybridized carbons (Fsp3) is 0.400. The minimum atomic E-state index is 0.0814. The molecule has 0 bridgehead atoms. The van der Waals surface area contributed by atoms with Crippen LogP contribution >= 0.6 is 11.8 Å². The molecular formula is C5H6OS. The third-order valence-corrected chi connectivity index (χ3v) is 1.08. The fourth-order valence-electron chi connectivity index (χ4n) is 0.143. The van der Waals surface area contributed by atoms with E-state index in [1.165, 1.54) is 6.92 Å². The molecule has 0 unspecified atom stereocenters. The Morgan fingerprint density at radius 3 is 2.71 bits per heavy atom. The van der Waals surface area contributed by atoms with Gasteiger partial charge in [-0.3, -0.25) is 4.79 Å². The predicted octanol–water partition coefficient (Wildman–Crippen LogP) is 0.899. The first-order valence-electron chi connectivity index (χ1n) is 1.84. The number of terminal acetylenes is 1. The molecule has 0 rings (SSSR count). The van der Waals surface area contributed by atoms with Gasteiger partial charge >= 0.3 is 0 Å². The van der Waals surface area contributed by atoms with Gasteiger partial charge < -0.3 is 0 Å². The van der Waals surface area contributed by atoms with E-state index in [9.17, 15) is 4.79 Å². The molecule has 0 aromatic rings. The monoisotopic (exact) mass is 114 g/mol. The lowest BCUT2D eigenvalue weighted by atomic mass is 10.8. The van der Waals surface area contributed by atoms with E-state index >= 15 is 0 Å². The summed E-state index contributed by atoms with van der Waals surface area (Å²) in [5.41, 5.74) is 0. The van der Waals surface area contributed by atoms with Crippen molar-refractivity contribution in [2.75, 3.05) is 5.75 Å². The maximum Gasteiger partial charge on any atom is 0.186 e. The molecule has 0 fully saturated rings. The average Bonchev–Trinajstić information content (AvgIpc) is 1.61. The molecule has 0 aromatic carbocycles.